The van der Waals surface area contributed by atoms with Gasteiger partial charge in [-0.1, -0.05) is 38.1 Å². The zero-order valence-corrected chi connectivity index (χ0v) is 15.1. The van der Waals surface area contributed by atoms with Gasteiger partial charge in [0.2, 0.25) is 0 Å². The van der Waals surface area contributed by atoms with E-state index in [1.165, 1.54) is 11.1 Å². The van der Waals surface area contributed by atoms with Crippen molar-refractivity contribution in [3.05, 3.63) is 59.3 Å². The van der Waals surface area contributed by atoms with E-state index in [1.807, 2.05) is 12.3 Å². The van der Waals surface area contributed by atoms with E-state index in [4.69, 9.17) is 9.47 Å². The number of aromatic nitrogens is 1. The van der Waals surface area contributed by atoms with Crippen molar-refractivity contribution in [2.24, 2.45) is 0 Å². The zero-order valence-electron chi connectivity index (χ0n) is 15.1. The molecule has 2 aromatic carbocycles. The quantitative estimate of drug-likeness (QED) is 0.615. The molecule has 0 unspecified atom stereocenters. The van der Waals surface area contributed by atoms with Crippen molar-refractivity contribution in [3.8, 4) is 11.5 Å². The van der Waals surface area contributed by atoms with Gasteiger partial charge in [0.1, 0.15) is 11.5 Å². The number of carbonyl (C=O) groups is 1. The Labute approximate surface area is 148 Å². The van der Waals surface area contributed by atoms with Gasteiger partial charge in [0.25, 0.3) is 0 Å². The lowest BCUT2D eigenvalue weighted by Crippen LogP contribution is -1.99. The predicted molar refractivity (Wildman–Crippen MR) is 100 cm³/mol. The number of fused-ring (bicyclic) bond motifs is 1. The van der Waals surface area contributed by atoms with Crippen LogP contribution in [-0.4, -0.2) is 25.1 Å². The summed E-state index contributed by atoms with van der Waals surface area (Å²) < 4.78 is 12.9. The Morgan fingerprint density at radius 2 is 1.80 bits per heavy atom. The second-order valence-electron chi connectivity index (χ2n) is 6.45. The van der Waals surface area contributed by atoms with Crippen molar-refractivity contribution < 1.29 is 14.3 Å². The molecule has 0 saturated heterocycles. The maximum atomic E-state index is 11.5. The van der Waals surface area contributed by atoms with Crippen molar-refractivity contribution in [2.75, 3.05) is 14.2 Å². The molecule has 0 saturated carbocycles. The minimum absolute atomic E-state index is 0.511. The molecule has 0 atom stereocenters. The fourth-order valence-electron chi connectivity index (χ4n) is 3.10. The molecule has 25 heavy (non-hydrogen) atoms. The zero-order chi connectivity index (χ0) is 18.0. The summed E-state index contributed by atoms with van der Waals surface area (Å²) in [6, 6.07) is 12.3. The van der Waals surface area contributed by atoms with Crippen LogP contribution in [0.3, 0.4) is 0 Å². The number of rotatable bonds is 6. The monoisotopic (exact) mass is 337 g/mol. The molecule has 0 spiro atoms. The Kier molecular flexibility index (Phi) is 4.79. The van der Waals surface area contributed by atoms with Crippen molar-refractivity contribution in [3.63, 3.8) is 0 Å². The molecule has 0 radical (unpaired) electrons. The highest BCUT2D eigenvalue weighted by atomic mass is 16.5. The Morgan fingerprint density at radius 3 is 2.36 bits per heavy atom. The summed E-state index contributed by atoms with van der Waals surface area (Å²) in [6.07, 6.45) is 2.74. The molecule has 0 aliphatic heterocycles. The van der Waals surface area contributed by atoms with Gasteiger partial charge in [-0.15, -0.1) is 0 Å². The lowest BCUT2D eigenvalue weighted by molar-refractivity contribution is 0.112. The van der Waals surface area contributed by atoms with Gasteiger partial charge in [-0.3, -0.25) is 4.79 Å². The summed E-state index contributed by atoms with van der Waals surface area (Å²) in [7, 11) is 3.23. The van der Waals surface area contributed by atoms with Gasteiger partial charge in [-0.05, 0) is 17.0 Å². The average molecular weight is 337 g/mol. The van der Waals surface area contributed by atoms with Crippen molar-refractivity contribution in [1.82, 2.24) is 4.57 Å². The molecule has 130 valence electrons. The highest BCUT2D eigenvalue weighted by molar-refractivity contribution is 6.02. The van der Waals surface area contributed by atoms with Crippen LogP contribution in [0.1, 0.15) is 41.3 Å². The van der Waals surface area contributed by atoms with Crippen LogP contribution >= 0.6 is 0 Å². The van der Waals surface area contributed by atoms with E-state index in [9.17, 15) is 4.79 Å². The van der Waals surface area contributed by atoms with Crippen molar-refractivity contribution in [2.45, 2.75) is 26.3 Å². The van der Waals surface area contributed by atoms with Gasteiger partial charge >= 0.3 is 0 Å². The first-order valence-electron chi connectivity index (χ1n) is 8.36. The summed E-state index contributed by atoms with van der Waals surface area (Å²) in [5.41, 5.74) is 4.04. The number of carbonyl (C=O) groups excluding carboxylic acids is 1. The third-order valence-electron chi connectivity index (χ3n) is 4.53. The lowest BCUT2D eigenvalue weighted by Gasteiger charge is -2.11. The number of methoxy groups -OCH3 is 2. The SMILES string of the molecule is COc1cc(OC)c2c(C=O)cn(Cc3ccc(C(C)C)cc3)c2c1. The van der Waals surface area contributed by atoms with Crippen LogP contribution in [0.15, 0.2) is 42.6 Å². The standard InChI is InChI=1S/C21H23NO3/c1-14(2)16-7-5-15(6-8-16)11-22-12-17(13-23)21-19(22)9-18(24-3)10-20(21)25-4/h5-10,12-14H,11H2,1-4H3. The van der Waals surface area contributed by atoms with E-state index in [0.29, 0.717) is 29.5 Å². The van der Waals surface area contributed by atoms with Crippen molar-refractivity contribution >= 4 is 17.2 Å². The highest BCUT2D eigenvalue weighted by Gasteiger charge is 2.15. The summed E-state index contributed by atoms with van der Waals surface area (Å²) in [6.45, 7) is 5.05. The van der Waals surface area contributed by atoms with Crippen LogP contribution in [0.2, 0.25) is 0 Å². The first kappa shape index (κ1) is 17.1. The highest BCUT2D eigenvalue weighted by Crippen LogP contribution is 2.34. The molecular weight excluding hydrogens is 314 g/mol. The second-order valence-corrected chi connectivity index (χ2v) is 6.45. The fourth-order valence-corrected chi connectivity index (χ4v) is 3.10. The van der Waals surface area contributed by atoms with Crippen LogP contribution in [0, 0.1) is 0 Å². The molecule has 1 heterocycles. The molecule has 4 heteroatoms. The molecule has 3 rings (SSSR count). The molecule has 0 N–H and O–H groups in total. The molecule has 0 fully saturated rings. The van der Waals surface area contributed by atoms with Gasteiger partial charge in [0.05, 0.1) is 25.1 Å². The van der Waals surface area contributed by atoms with Crippen LogP contribution in [-0.2, 0) is 6.54 Å². The molecule has 0 amide bonds. The first-order valence-corrected chi connectivity index (χ1v) is 8.36. The Balaban J connectivity index is 2.07. The average Bonchev–Trinajstić information content (AvgIpc) is 2.99. The number of ether oxygens (including phenoxy) is 2. The molecule has 3 aromatic rings. The second kappa shape index (κ2) is 7.01. The van der Waals surface area contributed by atoms with Crippen LogP contribution in [0.25, 0.3) is 10.9 Å². The Hall–Kier alpha value is -2.75. The topological polar surface area (TPSA) is 40.5 Å². The van der Waals surface area contributed by atoms with Gasteiger partial charge in [-0.2, -0.15) is 0 Å². The Morgan fingerprint density at radius 1 is 1.08 bits per heavy atom. The van der Waals surface area contributed by atoms with E-state index in [-0.39, 0.29) is 0 Å². The van der Waals surface area contributed by atoms with Gasteiger partial charge in [0, 0.05) is 30.4 Å². The smallest absolute Gasteiger partial charge is 0.152 e. The minimum atomic E-state index is 0.511. The van der Waals surface area contributed by atoms with Gasteiger partial charge in [-0.25, -0.2) is 0 Å². The predicted octanol–water partition coefficient (Wildman–Crippen LogP) is 4.64. The molecule has 4 nitrogen and oxygen atoms in total. The number of benzene rings is 2. The van der Waals surface area contributed by atoms with Crippen molar-refractivity contribution in [1.29, 1.82) is 0 Å². The van der Waals surface area contributed by atoms with Crippen LogP contribution < -0.4 is 9.47 Å². The maximum Gasteiger partial charge on any atom is 0.152 e. The fraction of sp³-hybridized carbons (Fsp3) is 0.286. The molecule has 0 bridgehead atoms. The van der Waals surface area contributed by atoms with Gasteiger partial charge < -0.3 is 14.0 Å². The Bertz CT molecular complexity index is 892. The van der Waals surface area contributed by atoms with Crippen LogP contribution in [0.4, 0.5) is 0 Å². The number of hydrogen-bond acceptors (Lipinski definition) is 3. The van der Waals surface area contributed by atoms with E-state index in [0.717, 1.165) is 17.2 Å². The summed E-state index contributed by atoms with van der Waals surface area (Å²) in [5, 5.41) is 0.817. The maximum absolute atomic E-state index is 11.5. The van der Waals surface area contributed by atoms with E-state index in [2.05, 4.69) is 42.7 Å². The molecular formula is C21H23NO3. The number of aldehydes is 1. The number of nitrogens with zero attached hydrogens (tertiary/aromatic N) is 1. The van der Waals surface area contributed by atoms with Gasteiger partial charge in [0.15, 0.2) is 6.29 Å². The number of hydrogen-bond donors (Lipinski definition) is 0. The summed E-state index contributed by atoms with van der Waals surface area (Å²) in [4.78, 5) is 11.5. The minimum Gasteiger partial charge on any atom is -0.497 e. The summed E-state index contributed by atoms with van der Waals surface area (Å²) >= 11 is 0. The normalized spacial score (nSPS) is 11.1. The van der Waals surface area contributed by atoms with E-state index >= 15 is 0 Å². The van der Waals surface area contributed by atoms with E-state index in [1.54, 1.807) is 20.3 Å². The summed E-state index contributed by atoms with van der Waals surface area (Å²) in [5.74, 6) is 1.86. The lowest BCUT2D eigenvalue weighted by atomic mass is 10.0. The third-order valence-corrected chi connectivity index (χ3v) is 4.53. The molecule has 0 aliphatic rings. The first-order chi connectivity index (χ1) is 12.1. The largest absolute Gasteiger partial charge is 0.497 e. The van der Waals surface area contributed by atoms with E-state index < -0.39 is 0 Å². The van der Waals surface area contributed by atoms with Crippen LogP contribution in [0.5, 0.6) is 11.5 Å². The third kappa shape index (κ3) is 3.25. The molecule has 0 aliphatic carbocycles. The molecule has 1 aromatic heterocycles.